The lowest BCUT2D eigenvalue weighted by atomic mass is 10.0. The van der Waals surface area contributed by atoms with E-state index < -0.39 is 10.0 Å². The molecule has 1 aromatic heterocycles. The van der Waals surface area contributed by atoms with Crippen molar-refractivity contribution < 1.29 is 8.42 Å². The van der Waals surface area contributed by atoms with E-state index in [1.807, 2.05) is 13.0 Å². The Morgan fingerprint density at radius 3 is 2.67 bits per heavy atom. The number of hydrogen-bond acceptors (Lipinski definition) is 4. The third-order valence-corrected chi connectivity index (χ3v) is 7.32. The Morgan fingerprint density at radius 2 is 2.05 bits per heavy atom. The van der Waals surface area contributed by atoms with Crippen LogP contribution in [0.4, 0.5) is 0 Å². The van der Waals surface area contributed by atoms with E-state index in [-0.39, 0.29) is 6.04 Å². The van der Waals surface area contributed by atoms with Gasteiger partial charge in [-0.2, -0.15) is 0 Å². The van der Waals surface area contributed by atoms with E-state index in [0.717, 1.165) is 24.3 Å². The molecule has 1 aromatic rings. The molecule has 1 aliphatic carbocycles. The van der Waals surface area contributed by atoms with E-state index >= 15 is 0 Å². The first-order valence-electron chi connectivity index (χ1n) is 7.76. The van der Waals surface area contributed by atoms with Crippen molar-refractivity contribution in [2.45, 2.75) is 62.7 Å². The van der Waals surface area contributed by atoms with E-state index in [0.29, 0.717) is 16.2 Å². The maximum absolute atomic E-state index is 12.4. The zero-order valence-corrected chi connectivity index (χ0v) is 14.7. The fourth-order valence-electron chi connectivity index (χ4n) is 2.10. The molecular weight excluding hydrogens is 304 g/mol. The highest BCUT2D eigenvalue weighted by molar-refractivity contribution is 7.91. The lowest BCUT2D eigenvalue weighted by Crippen LogP contribution is -2.36. The summed E-state index contributed by atoms with van der Waals surface area (Å²) in [6.45, 7) is 7.00. The van der Waals surface area contributed by atoms with Gasteiger partial charge in [0, 0.05) is 23.5 Å². The highest BCUT2D eigenvalue weighted by Gasteiger charge is 2.22. The molecule has 0 aromatic carbocycles. The Hall–Kier alpha value is -0.430. The minimum absolute atomic E-state index is 0.0397. The van der Waals surface area contributed by atoms with Crippen molar-refractivity contribution in [1.82, 2.24) is 10.0 Å². The van der Waals surface area contributed by atoms with E-state index in [1.54, 1.807) is 6.07 Å². The molecule has 120 valence electrons. The molecule has 4 nitrogen and oxygen atoms in total. The number of sulfonamides is 1. The van der Waals surface area contributed by atoms with Crippen LogP contribution in [0.5, 0.6) is 0 Å². The van der Waals surface area contributed by atoms with Gasteiger partial charge >= 0.3 is 0 Å². The van der Waals surface area contributed by atoms with Gasteiger partial charge in [0.2, 0.25) is 10.0 Å². The second-order valence-electron chi connectivity index (χ2n) is 5.99. The lowest BCUT2D eigenvalue weighted by Gasteiger charge is -2.19. The van der Waals surface area contributed by atoms with Gasteiger partial charge < -0.3 is 5.32 Å². The number of nitrogens with one attached hydrogen (secondary N) is 2. The quantitative estimate of drug-likeness (QED) is 0.732. The van der Waals surface area contributed by atoms with Crippen molar-refractivity contribution in [2.75, 3.05) is 6.54 Å². The normalized spacial score (nSPS) is 18.6. The van der Waals surface area contributed by atoms with Crippen LogP contribution >= 0.6 is 11.3 Å². The van der Waals surface area contributed by atoms with Gasteiger partial charge in [0.1, 0.15) is 4.21 Å². The van der Waals surface area contributed by atoms with Gasteiger partial charge in [-0.25, -0.2) is 13.1 Å². The Bertz CT molecular complexity index is 550. The standard InChI is InChI=1S/C15H26N2O2S2/c1-4-11(2)12(3)17-21(18,19)15-8-7-14(20-15)9-10-16-13-5-6-13/h7-8,11-13,16-17H,4-6,9-10H2,1-3H3. The van der Waals surface area contributed by atoms with Gasteiger partial charge in [-0.15, -0.1) is 11.3 Å². The molecule has 1 heterocycles. The van der Waals surface area contributed by atoms with Gasteiger partial charge in [0.05, 0.1) is 0 Å². The molecule has 1 aliphatic rings. The van der Waals surface area contributed by atoms with Crippen molar-refractivity contribution in [1.29, 1.82) is 0 Å². The second kappa shape index (κ2) is 7.22. The lowest BCUT2D eigenvalue weighted by molar-refractivity contribution is 0.434. The number of hydrogen-bond donors (Lipinski definition) is 2. The van der Waals surface area contributed by atoms with E-state index in [1.165, 1.54) is 24.2 Å². The van der Waals surface area contributed by atoms with Crippen molar-refractivity contribution in [2.24, 2.45) is 5.92 Å². The SMILES string of the molecule is CCC(C)C(C)NS(=O)(=O)c1ccc(CCNC2CC2)s1. The van der Waals surface area contributed by atoms with Gasteiger partial charge in [0.15, 0.2) is 0 Å². The topological polar surface area (TPSA) is 58.2 Å². The fraction of sp³-hybridized carbons (Fsp3) is 0.733. The average molecular weight is 331 g/mol. The summed E-state index contributed by atoms with van der Waals surface area (Å²) < 4.78 is 27.9. The van der Waals surface area contributed by atoms with Crippen LogP contribution in [0.1, 0.15) is 44.9 Å². The Balaban J connectivity index is 1.91. The molecule has 2 rings (SSSR count). The van der Waals surface area contributed by atoms with E-state index in [4.69, 9.17) is 0 Å². The largest absolute Gasteiger partial charge is 0.314 e. The van der Waals surface area contributed by atoms with Crippen LogP contribution in [0, 0.1) is 5.92 Å². The van der Waals surface area contributed by atoms with Crippen LogP contribution in [-0.2, 0) is 16.4 Å². The maximum atomic E-state index is 12.4. The average Bonchev–Trinajstić information content (AvgIpc) is 3.12. The molecule has 2 unspecified atom stereocenters. The molecule has 1 saturated carbocycles. The number of rotatable bonds is 9. The van der Waals surface area contributed by atoms with Crippen LogP contribution in [0.25, 0.3) is 0 Å². The molecule has 0 bridgehead atoms. The third-order valence-electron chi connectivity index (χ3n) is 4.12. The molecule has 0 saturated heterocycles. The highest BCUT2D eigenvalue weighted by atomic mass is 32.2. The molecule has 6 heteroatoms. The minimum Gasteiger partial charge on any atom is -0.314 e. The van der Waals surface area contributed by atoms with Gasteiger partial charge in [0.25, 0.3) is 0 Å². The molecule has 1 fully saturated rings. The number of thiophene rings is 1. The zero-order valence-electron chi connectivity index (χ0n) is 13.1. The fourth-order valence-corrected chi connectivity index (χ4v) is 4.82. The van der Waals surface area contributed by atoms with Crippen LogP contribution in [-0.4, -0.2) is 27.0 Å². The summed E-state index contributed by atoms with van der Waals surface area (Å²) in [5.74, 6) is 0.335. The summed E-state index contributed by atoms with van der Waals surface area (Å²) >= 11 is 1.38. The Kier molecular flexibility index (Phi) is 5.82. The smallest absolute Gasteiger partial charge is 0.250 e. The molecule has 2 N–H and O–H groups in total. The van der Waals surface area contributed by atoms with Crippen LogP contribution in [0.2, 0.25) is 0 Å². The second-order valence-corrected chi connectivity index (χ2v) is 9.10. The third kappa shape index (κ3) is 5.06. The summed E-state index contributed by atoms with van der Waals surface area (Å²) in [7, 11) is -3.37. The van der Waals surface area contributed by atoms with Crippen LogP contribution in [0.15, 0.2) is 16.3 Å². The van der Waals surface area contributed by atoms with Crippen LogP contribution in [0.3, 0.4) is 0 Å². The summed E-state index contributed by atoms with van der Waals surface area (Å²) in [4.78, 5) is 1.12. The van der Waals surface area contributed by atoms with Crippen molar-refractivity contribution in [3.63, 3.8) is 0 Å². The molecule has 0 aliphatic heterocycles. The van der Waals surface area contributed by atoms with E-state index in [2.05, 4.69) is 23.9 Å². The maximum Gasteiger partial charge on any atom is 0.250 e. The molecule has 0 radical (unpaired) electrons. The van der Waals surface area contributed by atoms with Crippen LogP contribution < -0.4 is 10.0 Å². The highest BCUT2D eigenvalue weighted by Crippen LogP contribution is 2.23. The molecule has 2 atom stereocenters. The van der Waals surface area contributed by atoms with Gasteiger partial charge in [-0.1, -0.05) is 20.3 Å². The predicted molar refractivity (Wildman–Crippen MR) is 88.3 cm³/mol. The Labute approximate surface area is 132 Å². The molecule has 0 amide bonds. The Morgan fingerprint density at radius 1 is 1.33 bits per heavy atom. The van der Waals surface area contributed by atoms with Crippen molar-refractivity contribution >= 4 is 21.4 Å². The van der Waals surface area contributed by atoms with Crippen molar-refractivity contribution in [3.8, 4) is 0 Å². The first-order valence-corrected chi connectivity index (χ1v) is 10.1. The van der Waals surface area contributed by atoms with Gasteiger partial charge in [-0.3, -0.25) is 0 Å². The van der Waals surface area contributed by atoms with E-state index in [9.17, 15) is 8.42 Å². The first kappa shape index (κ1) is 16.9. The summed E-state index contributed by atoms with van der Waals surface area (Å²) in [6.07, 6.45) is 4.42. The first-order chi connectivity index (χ1) is 9.92. The molecule has 21 heavy (non-hydrogen) atoms. The molecule has 0 spiro atoms. The summed E-state index contributed by atoms with van der Waals surface area (Å²) in [5.41, 5.74) is 0. The monoisotopic (exact) mass is 330 g/mol. The summed E-state index contributed by atoms with van der Waals surface area (Å²) in [5, 5.41) is 3.45. The van der Waals surface area contributed by atoms with Gasteiger partial charge in [-0.05, 0) is 44.2 Å². The van der Waals surface area contributed by atoms with Crippen molar-refractivity contribution in [3.05, 3.63) is 17.0 Å². The predicted octanol–water partition coefficient (Wildman–Crippen LogP) is 2.76. The summed E-state index contributed by atoms with van der Waals surface area (Å²) in [6, 6.07) is 4.32. The molecular formula is C15H26N2O2S2. The zero-order chi connectivity index (χ0) is 15.5. The minimum atomic E-state index is -3.37.